The molecule has 7 heteroatoms. The van der Waals surface area contributed by atoms with Crippen LogP contribution in [0.3, 0.4) is 0 Å². The summed E-state index contributed by atoms with van der Waals surface area (Å²) in [6.07, 6.45) is 0. The summed E-state index contributed by atoms with van der Waals surface area (Å²) in [5.41, 5.74) is 2.56. The van der Waals surface area contributed by atoms with Crippen LogP contribution in [0.1, 0.15) is 20.9 Å². The molecule has 2 aromatic carbocycles. The monoisotopic (exact) mass is 408 g/mol. The van der Waals surface area contributed by atoms with Gasteiger partial charge in [0, 0.05) is 31.7 Å². The van der Waals surface area contributed by atoms with Gasteiger partial charge in [-0.3, -0.25) is 14.5 Å². The van der Waals surface area contributed by atoms with E-state index in [2.05, 4.69) is 16.3 Å². The van der Waals surface area contributed by atoms with E-state index in [9.17, 15) is 9.59 Å². The van der Waals surface area contributed by atoms with Crippen molar-refractivity contribution >= 4 is 33.4 Å². The molecular formula is C22H24N4O2S. The van der Waals surface area contributed by atoms with Crippen LogP contribution in [0.15, 0.2) is 48.5 Å². The molecule has 1 N–H and O–H groups in total. The summed E-state index contributed by atoms with van der Waals surface area (Å²) in [4.78, 5) is 33.6. The zero-order valence-electron chi connectivity index (χ0n) is 16.4. The molecule has 3 aromatic rings. The molecule has 4 rings (SSSR count). The topological polar surface area (TPSA) is 65.5 Å². The molecule has 0 radical (unpaired) electrons. The van der Waals surface area contributed by atoms with Gasteiger partial charge in [-0.2, -0.15) is 0 Å². The number of fused-ring (bicyclic) bond motifs is 1. The number of carbonyl (C=O) groups excluding carboxylic acids is 2. The van der Waals surface area contributed by atoms with Crippen molar-refractivity contribution in [3.63, 3.8) is 0 Å². The number of aryl methyl sites for hydroxylation is 1. The van der Waals surface area contributed by atoms with Gasteiger partial charge in [-0.15, -0.1) is 11.3 Å². The molecule has 1 saturated heterocycles. The molecule has 1 aliphatic rings. The Balaban J connectivity index is 1.25. The number of amides is 2. The van der Waals surface area contributed by atoms with E-state index in [1.807, 2.05) is 48.2 Å². The standard InChI is InChI=1S/C22H24N4O2S/c1-16-6-2-3-7-17(16)22(28)23-14-21(27)26-12-10-25(11-13-26)15-20-24-18-8-4-5-9-19(18)29-20/h2-9H,10-15H2,1H3,(H,23,28). The third-order valence-electron chi connectivity index (χ3n) is 5.21. The van der Waals surface area contributed by atoms with Gasteiger partial charge in [0.2, 0.25) is 5.91 Å². The number of nitrogens with zero attached hydrogens (tertiary/aromatic N) is 3. The first-order valence-electron chi connectivity index (χ1n) is 9.78. The maximum atomic E-state index is 12.5. The number of carbonyl (C=O) groups is 2. The zero-order chi connectivity index (χ0) is 20.2. The normalized spacial score (nSPS) is 14.9. The van der Waals surface area contributed by atoms with Crippen molar-refractivity contribution in [1.29, 1.82) is 0 Å². The number of hydrogen-bond acceptors (Lipinski definition) is 5. The van der Waals surface area contributed by atoms with Crippen molar-refractivity contribution in [2.45, 2.75) is 13.5 Å². The third-order valence-corrected chi connectivity index (χ3v) is 6.23. The molecule has 0 aliphatic carbocycles. The second kappa shape index (κ2) is 8.71. The Morgan fingerprint density at radius 3 is 2.52 bits per heavy atom. The van der Waals surface area contributed by atoms with Gasteiger partial charge < -0.3 is 10.2 Å². The first kappa shape index (κ1) is 19.5. The second-order valence-electron chi connectivity index (χ2n) is 7.23. The molecule has 0 saturated carbocycles. The summed E-state index contributed by atoms with van der Waals surface area (Å²) in [7, 11) is 0. The molecule has 6 nitrogen and oxygen atoms in total. The highest BCUT2D eigenvalue weighted by atomic mass is 32.1. The minimum Gasteiger partial charge on any atom is -0.343 e. The Kier molecular flexibility index (Phi) is 5.87. The highest BCUT2D eigenvalue weighted by Crippen LogP contribution is 2.23. The van der Waals surface area contributed by atoms with E-state index in [-0.39, 0.29) is 18.4 Å². The lowest BCUT2D eigenvalue weighted by Gasteiger charge is -2.34. The van der Waals surface area contributed by atoms with Crippen LogP contribution in [0.5, 0.6) is 0 Å². The van der Waals surface area contributed by atoms with Crippen LogP contribution in [-0.2, 0) is 11.3 Å². The fourth-order valence-corrected chi connectivity index (χ4v) is 4.53. The molecule has 0 spiro atoms. The van der Waals surface area contributed by atoms with Crippen LogP contribution in [0.25, 0.3) is 10.2 Å². The largest absolute Gasteiger partial charge is 0.343 e. The van der Waals surface area contributed by atoms with Crippen LogP contribution in [-0.4, -0.2) is 59.3 Å². The first-order chi connectivity index (χ1) is 14.1. The summed E-state index contributed by atoms with van der Waals surface area (Å²) in [5, 5.41) is 3.86. The molecular weight excluding hydrogens is 384 g/mol. The number of thiazole rings is 1. The molecule has 150 valence electrons. The summed E-state index contributed by atoms with van der Waals surface area (Å²) < 4.78 is 1.21. The van der Waals surface area contributed by atoms with Gasteiger partial charge in [-0.25, -0.2) is 4.98 Å². The van der Waals surface area contributed by atoms with Gasteiger partial charge in [0.15, 0.2) is 0 Å². The maximum absolute atomic E-state index is 12.5. The van der Waals surface area contributed by atoms with Gasteiger partial charge in [0.05, 0.1) is 23.3 Å². The van der Waals surface area contributed by atoms with Crippen LogP contribution in [0.4, 0.5) is 0 Å². The van der Waals surface area contributed by atoms with Gasteiger partial charge in [0.25, 0.3) is 5.91 Å². The van der Waals surface area contributed by atoms with Crippen molar-refractivity contribution in [1.82, 2.24) is 20.1 Å². The van der Waals surface area contributed by atoms with E-state index in [1.165, 1.54) is 4.70 Å². The average molecular weight is 409 g/mol. The highest BCUT2D eigenvalue weighted by molar-refractivity contribution is 7.18. The smallest absolute Gasteiger partial charge is 0.251 e. The number of rotatable bonds is 5. The lowest BCUT2D eigenvalue weighted by molar-refractivity contribution is -0.131. The predicted molar refractivity (Wildman–Crippen MR) is 115 cm³/mol. The van der Waals surface area contributed by atoms with Gasteiger partial charge in [-0.1, -0.05) is 30.3 Å². The number of piperazine rings is 1. The molecule has 0 bridgehead atoms. The summed E-state index contributed by atoms with van der Waals surface area (Å²) in [6.45, 7) is 5.70. The van der Waals surface area contributed by atoms with Crippen LogP contribution >= 0.6 is 11.3 Å². The zero-order valence-corrected chi connectivity index (χ0v) is 17.2. The molecule has 1 aliphatic heterocycles. The minimum absolute atomic E-state index is 0.0328. The lowest BCUT2D eigenvalue weighted by atomic mass is 10.1. The SMILES string of the molecule is Cc1ccccc1C(=O)NCC(=O)N1CCN(Cc2nc3ccccc3s2)CC1. The quantitative estimate of drug-likeness (QED) is 0.705. The lowest BCUT2D eigenvalue weighted by Crippen LogP contribution is -2.50. The van der Waals surface area contributed by atoms with Crippen LogP contribution in [0, 0.1) is 6.92 Å². The van der Waals surface area contributed by atoms with E-state index in [0.717, 1.165) is 35.7 Å². The van der Waals surface area contributed by atoms with Crippen molar-refractivity contribution in [2.75, 3.05) is 32.7 Å². The number of para-hydroxylation sites is 1. The highest BCUT2D eigenvalue weighted by Gasteiger charge is 2.22. The first-order valence-corrected chi connectivity index (χ1v) is 10.6. The van der Waals surface area contributed by atoms with Crippen molar-refractivity contribution in [3.05, 3.63) is 64.7 Å². The fourth-order valence-electron chi connectivity index (χ4n) is 3.52. The Labute approximate surface area is 174 Å². The minimum atomic E-state index is -0.203. The Bertz CT molecular complexity index is 991. The Morgan fingerprint density at radius 2 is 1.76 bits per heavy atom. The molecule has 2 amide bonds. The third kappa shape index (κ3) is 4.63. The van der Waals surface area contributed by atoms with E-state index >= 15 is 0 Å². The molecule has 0 atom stereocenters. The van der Waals surface area contributed by atoms with Gasteiger partial charge in [0.1, 0.15) is 5.01 Å². The van der Waals surface area contributed by atoms with Crippen molar-refractivity contribution < 1.29 is 9.59 Å². The molecule has 1 aromatic heterocycles. The second-order valence-corrected chi connectivity index (χ2v) is 8.35. The van der Waals surface area contributed by atoms with Crippen molar-refractivity contribution in [3.8, 4) is 0 Å². The number of hydrogen-bond donors (Lipinski definition) is 1. The van der Waals surface area contributed by atoms with Crippen LogP contribution < -0.4 is 5.32 Å². The molecule has 0 unspecified atom stereocenters. The van der Waals surface area contributed by atoms with E-state index in [0.29, 0.717) is 18.7 Å². The van der Waals surface area contributed by atoms with Gasteiger partial charge >= 0.3 is 0 Å². The number of nitrogens with one attached hydrogen (secondary N) is 1. The Hall–Kier alpha value is -2.77. The summed E-state index contributed by atoms with van der Waals surface area (Å²) in [6, 6.07) is 15.6. The van der Waals surface area contributed by atoms with E-state index < -0.39 is 0 Å². The van der Waals surface area contributed by atoms with E-state index in [4.69, 9.17) is 4.98 Å². The number of aromatic nitrogens is 1. The summed E-state index contributed by atoms with van der Waals surface area (Å²) in [5.74, 6) is -0.238. The summed E-state index contributed by atoms with van der Waals surface area (Å²) >= 11 is 1.73. The van der Waals surface area contributed by atoms with Gasteiger partial charge in [-0.05, 0) is 30.7 Å². The molecule has 1 fully saturated rings. The average Bonchev–Trinajstić information content (AvgIpc) is 3.15. The Morgan fingerprint density at radius 1 is 1.03 bits per heavy atom. The van der Waals surface area contributed by atoms with E-state index in [1.54, 1.807) is 17.4 Å². The number of benzene rings is 2. The maximum Gasteiger partial charge on any atom is 0.251 e. The molecule has 29 heavy (non-hydrogen) atoms. The van der Waals surface area contributed by atoms with Crippen LogP contribution in [0.2, 0.25) is 0 Å². The molecule has 2 heterocycles. The van der Waals surface area contributed by atoms with Crippen molar-refractivity contribution in [2.24, 2.45) is 0 Å². The fraction of sp³-hybridized carbons (Fsp3) is 0.318. The predicted octanol–water partition coefficient (Wildman–Crippen LogP) is 2.68.